The van der Waals surface area contributed by atoms with E-state index in [2.05, 4.69) is 15.6 Å². The summed E-state index contributed by atoms with van der Waals surface area (Å²) < 4.78 is 29.4. The maximum Gasteiger partial charge on any atom is 0.275 e. The summed E-state index contributed by atoms with van der Waals surface area (Å²) in [6, 6.07) is 14.4. The molecule has 0 unspecified atom stereocenters. The van der Waals surface area contributed by atoms with Crippen molar-refractivity contribution in [2.75, 3.05) is 26.6 Å². The number of carbonyl (C=O) groups is 3. The number of benzene rings is 3. The van der Waals surface area contributed by atoms with Crippen LogP contribution in [0.25, 0.3) is 0 Å². The molecular weight excluding hydrogens is 561 g/mol. The lowest BCUT2D eigenvalue weighted by atomic mass is 10.0. The van der Waals surface area contributed by atoms with E-state index in [-0.39, 0.29) is 34.4 Å². The van der Waals surface area contributed by atoms with E-state index in [9.17, 15) is 18.8 Å². The van der Waals surface area contributed by atoms with Gasteiger partial charge in [0.1, 0.15) is 16.5 Å². The van der Waals surface area contributed by atoms with Crippen LogP contribution in [-0.4, -0.2) is 43.9 Å². The summed E-state index contributed by atoms with van der Waals surface area (Å²) in [6.07, 6.45) is 0. The topological polar surface area (TPSA) is 116 Å². The molecule has 0 spiro atoms. The Kier molecular flexibility index (Phi) is 9.53. The summed E-state index contributed by atoms with van der Waals surface area (Å²) in [6.45, 7) is 3.86. The van der Waals surface area contributed by atoms with Crippen LogP contribution in [0.15, 0.2) is 66.0 Å². The number of amides is 2. The Hall–Kier alpha value is -4.77. The number of rotatable bonds is 11. The van der Waals surface area contributed by atoms with Crippen molar-refractivity contribution < 1.29 is 33.0 Å². The summed E-state index contributed by atoms with van der Waals surface area (Å²) in [5.41, 5.74) is 1.27. The zero-order valence-corrected chi connectivity index (χ0v) is 24.5. The molecule has 0 aliphatic heterocycles. The van der Waals surface area contributed by atoms with E-state index in [4.69, 9.17) is 14.2 Å². The van der Waals surface area contributed by atoms with E-state index >= 15 is 0 Å². The number of hydrogen-bond acceptors (Lipinski definition) is 8. The first-order valence-corrected chi connectivity index (χ1v) is 13.8. The maximum absolute atomic E-state index is 13.3. The van der Waals surface area contributed by atoms with Crippen LogP contribution in [-0.2, 0) is 0 Å². The number of methoxy groups -OCH3 is 3. The largest absolute Gasteiger partial charge is 0.493 e. The molecule has 1 aromatic heterocycles. The molecule has 4 rings (SSSR count). The second-order valence-corrected chi connectivity index (χ2v) is 10.4. The molecule has 9 nitrogen and oxygen atoms in total. The van der Waals surface area contributed by atoms with Crippen molar-refractivity contribution in [2.45, 2.75) is 19.9 Å². The summed E-state index contributed by atoms with van der Waals surface area (Å²) >= 11 is 1.23. The van der Waals surface area contributed by atoms with Gasteiger partial charge in [-0.2, -0.15) is 0 Å². The standard InChI is InChI=1S/C31H30FN3O6S/c1-17(2)26(35-29(37)19-14-24(39-3)28(41-5)25(15-19)40-4)31-34-23(16-42-31)30(38)33-22-9-7-6-8-21(22)27(36)18-10-12-20(32)13-11-18/h6-17,26H,1-5H3,(H,33,38)(H,35,37)/t26-/m0/s1. The Bertz CT molecular complexity index is 1580. The highest BCUT2D eigenvalue weighted by molar-refractivity contribution is 7.10. The summed E-state index contributed by atoms with van der Waals surface area (Å²) in [7, 11) is 4.41. The number of hydrogen-bond donors (Lipinski definition) is 2. The fourth-order valence-corrected chi connectivity index (χ4v) is 5.24. The Morgan fingerprint density at radius 1 is 0.857 bits per heavy atom. The zero-order chi connectivity index (χ0) is 30.4. The summed E-state index contributed by atoms with van der Waals surface area (Å²) in [5, 5.41) is 7.87. The van der Waals surface area contributed by atoms with Gasteiger partial charge in [0, 0.05) is 22.1 Å². The fourth-order valence-electron chi connectivity index (χ4n) is 4.22. The summed E-state index contributed by atoms with van der Waals surface area (Å²) in [5.74, 6) is -0.728. The molecule has 11 heteroatoms. The third-order valence-electron chi connectivity index (χ3n) is 6.43. The molecule has 2 amide bonds. The van der Waals surface area contributed by atoms with Gasteiger partial charge in [0.2, 0.25) is 5.75 Å². The molecule has 0 bridgehead atoms. The quantitative estimate of drug-likeness (QED) is 0.208. The van der Waals surface area contributed by atoms with Crippen molar-refractivity contribution in [1.82, 2.24) is 10.3 Å². The van der Waals surface area contributed by atoms with Gasteiger partial charge >= 0.3 is 0 Å². The van der Waals surface area contributed by atoms with E-state index < -0.39 is 17.8 Å². The number of para-hydroxylation sites is 1. The Morgan fingerprint density at radius 3 is 2.10 bits per heavy atom. The Labute approximate surface area is 246 Å². The van der Waals surface area contributed by atoms with Gasteiger partial charge in [-0.25, -0.2) is 9.37 Å². The number of anilines is 1. The van der Waals surface area contributed by atoms with Crippen molar-refractivity contribution in [2.24, 2.45) is 5.92 Å². The van der Waals surface area contributed by atoms with E-state index in [0.717, 1.165) is 0 Å². The van der Waals surface area contributed by atoms with Crippen LogP contribution in [0.5, 0.6) is 17.2 Å². The smallest absolute Gasteiger partial charge is 0.275 e. The monoisotopic (exact) mass is 591 g/mol. The second-order valence-electron chi connectivity index (χ2n) is 9.52. The zero-order valence-electron chi connectivity index (χ0n) is 23.7. The molecule has 0 radical (unpaired) electrons. The fraction of sp³-hybridized carbons (Fsp3) is 0.226. The average Bonchev–Trinajstić information content (AvgIpc) is 3.49. The van der Waals surface area contributed by atoms with Crippen LogP contribution in [0, 0.1) is 11.7 Å². The minimum absolute atomic E-state index is 0.0629. The number of ketones is 1. The maximum atomic E-state index is 13.3. The molecule has 1 atom stereocenters. The second kappa shape index (κ2) is 13.3. The SMILES string of the molecule is COc1cc(C(=O)N[C@H](c2nc(C(=O)Nc3ccccc3C(=O)c3ccc(F)cc3)cs2)C(C)C)cc(OC)c1OC. The number of nitrogens with one attached hydrogen (secondary N) is 2. The van der Waals surface area contributed by atoms with Crippen LogP contribution >= 0.6 is 11.3 Å². The van der Waals surface area contributed by atoms with Gasteiger partial charge in [-0.3, -0.25) is 14.4 Å². The van der Waals surface area contributed by atoms with Crippen LogP contribution in [0.3, 0.4) is 0 Å². The van der Waals surface area contributed by atoms with Gasteiger partial charge in [-0.05, 0) is 54.4 Å². The van der Waals surface area contributed by atoms with Gasteiger partial charge in [0.25, 0.3) is 11.8 Å². The molecule has 1 heterocycles. The normalized spacial score (nSPS) is 11.5. The minimum Gasteiger partial charge on any atom is -0.493 e. The number of aromatic nitrogens is 1. The molecule has 0 aliphatic rings. The highest BCUT2D eigenvalue weighted by atomic mass is 32.1. The predicted molar refractivity (Wildman–Crippen MR) is 157 cm³/mol. The summed E-state index contributed by atoms with van der Waals surface area (Å²) in [4.78, 5) is 44.0. The molecule has 2 N–H and O–H groups in total. The lowest BCUT2D eigenvalue weighted by Crippen LogP contribution is -2.32. The van der Waals surface area contributed by atoms with E-state index in [1.54, 1.807) is 41.8 Å². The third kappa shape index (κ3) is 6.58. The molecule has 0 saturated heterocycles. The third-order valence-corrected chi connectivity index (χ3v) is 7.35. The van der Waals surface area contributed by atoms with E-state index in [0.29, 0.717) is 33.5 Å². The van der Waals surface area contributed by atoms with Crippen LogP contribution in [0.2, 0.25) is 0 Å². The van der Waals surface area contributed by atoms with Gasteiger partial charge in [-0.15, -0.1) is 11.3 Å². The van der Waals surface area contributed by atoms with Crippen molar-refractivity contribution in [1.29, 1.82) is 0 Å². The molecule has 218 valence electrons. The molecule has 0 fully saturated rings. The van der Waals surface area contributed by atoms with Crippen LogP contribution in [0.4, 0.5) is 10.1 Å². The number of halogens is 1. The number of nitrogens with zero attached hydrogens (tertiary/aromatic N) is 1. The van der Waals surface area contributed by atoms with Gasteiger partial charge < -0.3 is 24.8 Å². The molecule has 0 aliphatic carbocycles. The van der Waals surface area contributed by atoms with E-state index in [1.807, 2.05) is 13.8 Å². The average molecular weight is 592 g/mol. The van der Waals surface area contributed by atoms with E-state index in [1.165, 1.54) is 56.9 Å². The van der Waals surface area contributed by atoms with Crippen molar-refractivity contribution in [3.8, 4) is 17.2 Å². The lowest BCUT2D eigenvalue weighted by molar-refractivity contribution is 0.0924. The number of ether oxygens (including phenoxy) is 3. The van der Waals surface area contributed by atoms with Crippen molar-refractivity contribution >= 4 is 34.6 Å². The highest BCUT2D eigenvalue weighted by Gasteiger charge is 2.26. The van der Waals surface area contributed by atoms with Crippen molar-refractivity contribution in [3.63, 3.8) is 0 Å². The van der Waals surface area contributed by atoms with Crippen LogP contribution < -0.4 is 24.8 Å². The first-order valence-electron chi connectivity index (χ1n) is 12.9. The number of carbonyl (C=O) groups excluding carboxylic acids is 3. The highest BCUT2D eigenvalue weighted by Crippen LogP contribution is 2.38. The molecule has 0 saturated carbocycles. The van der Waals surface area contributed by atoms with Crippen LogP contribution in [0.1, 0.15) is 61.7 Å². The molecule has 3 aromatic carbocycles. The number of thiazole rings is 1. The predicted octanol–water partition coefficient (Wildman–Crippen LogP) is 5.92. The molecule has 4 aromatic rings. The Morgan fingerprint density at radius 2 is 1.50 bits per heavy atom. The van der Waals surface area contributed by atoms with Gasteiger partial charge in [-0.1, -0.05) is 26.0 Å². The first kappa shape index (κ1) is 30.2. The molecule has 42 heavy (non-hydrogen) atoms. The Balaban J connectivity index is 1.53. The van der Waals surface area contributed by atoms with Gasteiger partial charge in [0.15, 0.2) is 17.3 Å². The first-order chi connectivity index (χ1) is 20.2. The van der Waals surface area contributed by atoms with Gasteiger partial charge in [0.05, 0.1) is 33.1 Å². The lowest BCUT2D eigenvalue weighted by Gasteiger charge is -2.21. The molecular formula is C31H30FN3O6S. The van der Waals surface area contributed by atoms with Crippen molar-refractivity contribution in [3.05, 3.63) is 99.3 Å². The minimum atomic E-state index is -0.518.